The zero-order chi connectivity index (χ0) is 18.1. The van der Waals surface area contributed by atoms with E-state index in [1.807, 2.05) is 0 Å². The number of hydrogen-bond donors (Lipinski definition) is 1. The van der Waals surface area contributed by atoms with Crippen molar-refractivity contribution in [2.75, 3.05) is 5.32 Å². The van der Waals surface area contributed by atoms with Crippen molar-refractivity contribution in [3.05, 3.63) is 35.5 Å². The van der Waals surface area contributed by atoms with Crippen LogP contribution in [0.15, 0.2) is 24.3 Å². The molecule has 0 saturated carbocycles. The number of benzene rings is 1. The van der Waals surface area contributed by atoms with E-state index >= 15 is 0 Å². The fourth-order valence-electron chi connectivity index (χ4n) is 1.83. The molecular weight excluding hydrogens is 341 g/mol. The molecule has 1 heterocycles. The molecule has 1 aromatic heterocycles. The van der Waals surface area contributed by atoms with Crippen LogP contribution < -0.4 is 5.32 Å². The number of carbonyl (C=O) groups excluding carboxylic acids is 1. The lowest BCUT2D eigenvalue weighted by Gasteiger charge is -2.19. The number of thiazole rings is 1. The van der Waals surface area contributed by atoms with Gasteiger partial charge in [0.2, 0.25) is 0 Å². The number of aromatic nitrogens is 1. The lowest BCUT2D eigenvalue weighted by Crippen LogP contribution is -2.27. The van der Waals surface area contributed by atoms with Gasteiger partial charge in [0, 0.05) is 5.56 Å². The minimum absolute atomic E-state index is 0.499. The molecule has 2 rings (SSSR count). The van der Waals surface area contributed by atoms with Crippen molar-refractivity contribution in [3.63, 3.8) is 0 Å². The minimum Gasteiger partial charge on any atom is -0.444 e. The Kier molecular flexibility index (Phi) is 4.89. The molecule has 130 valence electrons. The number of nitrogens with one attached hydrogen (secondary N) is 1. The second-order valence-electron chi connectivity index (χ2n) is 6.14. The molecule has 0 bridgehead atoms. The van der Waals surface area contributed by atoms with Gasteiger partial charge in [-0.25, -0.2) is 9.78 Å². The van der Waals surface area contributed by atoms with E-state index < -0.39 is 23.4 Å². The number of aryl methyl sites for hydroxylation is 1. The molecule has 1 N–H and O–H groups in total. The molecule has 0 fully saturated rings. The highest BCUT2D eigenvalue weighted by atomic mass is 32.1. The molecule has 0 aliphatic rings. The van der Waals surface area contributed by atoms with Crippen LogP contribution in [0.2, 0.25) is 0 Å². The van der Waals surface area contributed by atoms with Crippen LogP contribution in [-0.4, -0.2) is 16.7 Å². The van der Waals surface area contributed by atoms with Crippen LogP contribution in [0.25, 0.3) is 10.6 Å². The lowest BCUT2D eigenvalue weighted by molar-refractivity contribution is -0.137. The van der Waals surface area contributed by atoms with Crippen molar-refractivity contribution in [2.45, 2.75) is 39.5 Å². The molecule has 1 aromatic carbocycles. The summed E-state index contributed by atoms with van der Waals surface area (Å²) < 4.78 is 43.0. The average Bonchev–Trinajstić information content (AvgIpc) is 2.77. The first-order valence-electron chi connectivity index (χ1n) is 7.11. The Morgan fingerprint density at radius 1 is 1.17 bits per heavy atom. The summed E-state index contributed by atoms with van der Waals surface area (Å²) in [6.07, 6.45) is -4.98. The van der Waals surface area contributed by atoms with Crippen molar-refractivity contribution in [1.29, 1.82) is 0 Å². The van der Waals surface area contributed by atoms with Gasteiger partial charge in [0.05, 0.1) is 11.3 Å². The first kappa shape index (κ1) is 18.3. The molecule has 0 aliphatic heterocycles. The number of ether oxygens (including phenoxy) is 1. The van der Waals surface area contributed by atoms with Gasteiger partial charge in [-0.15, -0.1) is 0 Å². The predicted octanol–water partition coefficient (Wildman–Crippen LogP) is 5.48. The molecule has 0 spiro atoms. The highest BCUT2D eigenvalue weighted by molar-refractivity contribution is 7.19. The Morgan fingerprint density at radius 2 is 1.75 bits per heavy atom. The number of halogens is 3. The fourth-order valence-corrected chi connectivity index (χ4v) is 2.79. The summed E-state index contributed by atoms with van der Waals surface area (Å²) in [5.41, 5.74) is -0.223. The Morgan fingerprint density at radius 3 is 2.25 bits per heavy atom. The zero-order valence-electron chi connectivity index (χ0n) is 13.6. The fraction of sp³-hybridized carbons (Fsp3) is 0.375. The van der Waals surface area contributed by atoms with E-state index in [-0.39, 0.29) is 0 Å². The van der Waals surface area contributed by atoms with E-state index in [0.717, 1.165) is 12.1 Å². The van der Waals surface area contributed by atoms with Gasteiger partial charge in [0.25, 0.3) is 0 Å². The van der Waals surface area contributed by atoms with Gasteiger partial charge in [-0.05, 0) is 39.8 Å². The molecule has 8 heteroatoms. The topological polar surface area (TPSA) is 51.2 Å². The van der Waals surface area contributed by atoms with Crippen LogP contribution in [0.1, 0.15) is 32.0 Å². The Bertz CT molecular complexity index is 731. The maximum atomic E-state index is 12.6. The minimum atomic E-state index is -4.37. The molecule has 0 radical (unpaired) electrons. The smallest absolute Gasteiger partial charge is 0.416 e. The van der Waals surface area contributed by atoms with Gasteiger partial charge in [-0.2, -0.15) is 13.2 Å². The third-order valence-corrected chi connectivity index (χ3v) is 3.99. The standard InChI is InChI=1S/C16H17F3N2O2S/c1-9-12(21-14(22)23-15(2,3)4)24-13(20-9)10-5-7-11(8-6-10)16(17,18)19/h5-8H,1-4H3,(H,21,22). The van der Waals surface area contributed by atoms with Gasteiger partial charge in [-0.3, -0.25) is 5.32 Å². The Hall–Kier alpha value is -2.09. The van der Waals surface area contributed by atoms with Crippen LogP contribution in [0.3, 0.4) is 0 Å². The number of rotatable bonds is 2. The highest BCUT2D eigenvalue weighted by Gasteiger charge is 2.30. The summed E-state index contributed by atoms with van der Waals surface area (Å²) >= 11 is 1.18. The number of hydrogen-bond acceptors (Lipinski definition) is 4. The maximum absolute atomic E-state index is 12.6. The van der Waals surface area contributed by atoms with Crippen LogP contribution in [0, 0.1) is 6.92 Å². The van der Waals surface area contributed by atoms with Crippen molar-refractivity contribution in [3.8, 4) is 10.6 Å². The van der Waals surface area contributed by atoms with Crippen molar-refractivity contribution < 1.29 is 22.7 Å². The summed E-state index contributed by atoms with van der Waals surface area (Å²) in [6, 6.07) is 4.73. The first-order valence-corrected chi connectivity index (χ1v) is 7.92. The van der Waals surface area contributed by atoms with E-state index in [1.165, 1.54) is 23.5 Å². The maximum Gasteiger partial charge on any atom is 0.416 e. The van der Waals surface area contributed by atoms with Gasteiger partial charge in [0.1, 0.15) is 15.6 Å². The summed E-state index contributed by atoms with van der Waals surface area (Å²) in [5, 5.41) is 3.63. The molecular formula is C16H17F3N2O2S. The molecule has 0 unspecified atom stereocenters. The molecule has 0 saturated heterocycles. The van der Waals surface area contributed by atoms with Crippen LogP contribution in [0.4, 0.5) is 23.0 Å². The number of anilines is 1. The van der Waals surface area contributed by atoms with Crippen molar-refractivity contribution >= 4 is 22.4 Å². The quantitative estimate of drug-likeness (QED) is 0.773. The van der Waals surface area contributed by atoms with E-state index in [4.69, 9.17) is 4.74 Å². The summed E-state index contributed by atoms with van der Waals surface area (Å²) in [6.45, 7) is 6.95. The Labute approximate surface area is 141 Å². The number of alkyl halides is 3. The van der Waals surface area contributed by atoms with E-state index in [2.05, 4.69) is 10.3 Å². The summed E-state index contributed by atoms with van der Waals surface area (Å²) in [4.78, 5) is 16.1. The lowest BCUT2D eigenvalue weighted by atomic mass is 10.1. The largest absolute Gasteiger partial charge is 0.444 e. The van der Waals surface area contributed by atoms with Gasteiger partial charge >= 0.3 is 12.3 Å². The highest BCUT2D eigenvalue weighted by Crippen LogP contribution is 2.34. The number of nitrogens with zero attached hydrogens (tertiary/aromatic N) is 1. The average molecular weight is 358 g/mol. The van der Waals surface area contributed by atoms with Crippen LogP contribution >= 0.6 is 11.3 Å². The second kappa shape index (κ2) is 6.43. The SMILES string of the molecule is Cc1nc(-c2ccc(C(F)(F)F)cc2)sc1NC(=O)OC(C)(C)C. The van der Waals surface area contributed by atoms with E-state index in [1.54, 1.807) is 27.7 Å². The summed E-state index contributed by atoms with van der Waals surface area (Å²) in [5.74, 6) is 0. The second-order valence-corrected chi connectivity index (χ2v) is 7.13. The number of amides is 1. The predicted molar refractivity (Wildman–Crippen MR) is 87.1 cm³/mol. The molecule has 1 amide bonds. The van der Waals surface area contributed by atoms with Gasteiger partial charge < -0.3 is 4.74 Å². The Balaban J connectivity index is 2.18. The monoisotopic (exact) mass is 358 g/mol. The normalized spacial score (nSPS) is 12.1. The zero-order valence-corrected chi connectivity index (χ0v) is 14.4. The molecule has 0 atom stereocenters. The van der Waals surface area contributed by atoms with Gasteiger partial charge in [-0.1, -0.05) is 23.5 Å². The molecule has 4 nitrogen and oxygen atoms in total. The van der Waals surface area contributed by atoms with Crippen molar-refractivity contribution in [2.24, 2.45) is 0 Å². The van der Waals surface area contributed by atoms with Gasteiger partial charge in [0.15, 0.2) is 0 Å². The third kappa shape index (κ3) is 4.70. The molecule has 2 aromatic rings. The van der Waals surface area contributed by atoms with E-state index in [9.17, 15) is 18.0 Å². The first-order chi connectivity index (χ1) is 11.0. The third-order valence-electron chi connectivity index (χ3n) is 2.87. The molecule has 0 aliphatic carbocycles. The van der Waals surface area contributed by atoms with Crippen LogP contribution in [-0.2, 0) is 10.9 Å². The molecule has 24 heavy (non-hydrogen) atoms. The van der Waals surface area contributed by atoms with E-state index in [0.29, 0.717) is 21.3 Å². The van der Waals surface area contributed by atoms with Crippen molar-refractivity contribution in [1.82, 2.24) is 4.98 Å². The summed E-state index contributed by atoms with van der Waals surface area (Å²) in [7, 11) is 0. The number of carbonyl (C=O) groups is 1. The van der Waals surface area contributed by atoms with Crippen LogP contribution in [0.5, 0.6) is 0 Å².